The van der Waals surface area contributed by atoms with Crippen LogP contribution in [0.2, 0.25) is 0 Å². The topological polar surface area (TPSA) is 70.5 Å². The number of aromatic nitrogens is 4. The Morgan fingerprint density at radius 2 is 1.84 bits per heavy atom. The second-order valence-corrected chi connectivity index (χ2v) is 7.87. The van der Waals surface area contributed by atoms with Crippen LogP contribution < -0.4 is 10.7 Å². The number of H-pyrrole nitrogens is 1. The standard InChI is InChI=1S/C25H19FN4O2/c1-15-10-11-16(2)20(12-15)22(31)14-29-21-9-4-3-8-19(21)24-27-23(28-30(24)25(29)32)17-6-5-7-18(26)13-17/h3-13H,14H2,1-2H3/p+1. The fourth-order valence-electron chi connectivity index (χ4n) is 3.97. The third kappa shape index (κ3) is 3.28. The van der Waals surface area contributed by atoms with Gasteiger partial charge in [-0.1, -0.05) is 35.9 Å². The first-order valence-corrected chi connectivity index (χ1v) is 10.2. The number of benzene rings is 3. The molecule has 1 N–H and O–H groups in total. The molecule has 0 atom stereocenters. The van der Waals surface area contributed by atoms with Crippen LogP contribution in [-0.4, -0.2) is 20.0 Å². The van der Waals surface area contributed by atoms with Gasteiger partial charge in [0.1, 0.15) is 5.82 Å². The van der Waals surface area contributed by atoms with E-state index in [1.54, 1.807) is 18.2 Å². The molecule has 6 nitrogen and oxygen atoms in total. The van der Waals surface area contributed by atoms with Gasteiger partial charge in [0.2, 0.25) is 0 Å². The lowest BCUT2D eigenvalue weighted by molar-refractivity contribution is -0.331. The number of carbonyl (C=O) groups is 1. The molecule has 3 aromatic carbocycles. The van der Waals surface area contributed by atoms with Gasteiger partial charge in [-0.05, 0) is 60.3 Å². The smallest absolute Gasteiger partial charge is 0.292 e. The van der Waals surface area contributed by atoms with E-state index in [0.29, 0.717) is 28.1 Å². The Morgan fingerprint density at radius 3 is 2.66 bits per heavy atom. The Bertz CT molecular complexity index is 1580. The van der Waals surface area contributed by atoms with Crippen molar-refractivity contribution in [3.8, 4) is 11.4 Å². The van der Waals surface area contributed by atoms with Crippen LogP contribution in [0.15, 0.2) is 71.5 Å². The molecule has 7 heteroatoms. The summed E-state index contributed by atoms with van der Waals surface area (Å²) in [6, 6.07) is 19.0. The highest BCUT2D eigenvalue weighted by atomic mass is 19.1. The average Bonchev–Trinajstić information content (AvgIpc) is 3.24. The highest BCUT2D eigenvalue weighted by Gasteiger charge is 2.24. The number of para-hydroxylation sites is 1. The van der Waals surface area contributed by atoms with E-state index in [-0.39, 0.29) is 12.3 Å². The molecule has 5 aromatic rings. The van der Waals surface area contributed by atoms with E-state index in [2.05, 4.69) is 10.1 Å². The molecule has 0 fully saturated rings. The van der Waals surface area contributed by atoms with E-state index in [0.717, 1.165) is 16.5 Å². The lowest BCUT2D eigenvalue weighted by atomic mass is 10.0. The van der Waals surface area contributed by atoms with Crippen molar-refractivity contribution in [1.29, 1.82) is 0 Å². The van der Waals surface area contributed by atoms with Gasteiger partial charge in [-0.3, -0.25) is 9.36 Å². The molecule has 0 aliphatic heterocycles. The predicted molar refractivity (Wildman–Crippen MR) is 119 cm³/mol. The Kier molecular flexibility index (Phi) is 4.66. The Balaban J connectivity index is 1.70. The summed E-state index contributed by atoms with van der Waals surface area (Å²) in [6.45, 7) is 3.69. The molecule has 0 aliphatic carbocycles. The molecule has 2 heterocycles. The second-order valence-electron chi connectivity index (χ2n) is 7.87. The maximum Gasteiger partial charge on any atom is 0.423 e. The van der Waals surface area contributed by atoms with E-state index >= 15 is 0 Å². The van der Waals surface area contributed by atoms with Crippen LogP contribution >= 0.6 is 0 Å². The van der Waals surface area contributed by atoms with Crippen molar-refractivity contribution >= 4 is 22.3 Å². The lowest BCUT2D eigenvalue weighted by Crippen LogP contribution is -2.31. The van der Waals surface area contributed by atoms with Crippen molar-refractivity contribution in [3.63, 3.8) is 0 Å². The quantitative estimate of drug-likeness (QED) is 0.410. The summed E-state index contributed by atoms with van der Waals surface area (Å²) >= 11 is 0. The van der Waals surface area contributed by atoms with Crippen LogP contribution in [0.3, 0.4) is 0 Å². The van der Waals surface area contributed by atoms with Crippen molar-refractivity contribution in [2.45, 2.75) is 20.4 Å². The minimum atomic E-state index is -0.448. The molecule has 0 radical (unpaired) electrons. The predicted octanol–water partition coefficient (Wildman–Crippen LogP) is 3.77. The van der Waals surface area contributed by atoms with E-state index < -0.39 is 11.5 Å². The number of rotatable bonds is 4. The van der Waals surface area contributed by atoms with Crippen LogP contribution in [0, 0.1) is 19.7 Å². The molecule has 0 aliphatic rings. The number of halogens is 1. The van der Waals surface area contributed by atoms with Crippen molar-refractivity contribution in [2.24, 2.45) is 0 Å². The Labute approximate surface area is 182 Å². The number of hydrogen-bond donors (Lipinski definition) is 0. The van der Waals surface area contributed by atoms with Gasteiger partial charge in [0, 0.05) is 5.56 Å². The fraction of sp³-hybridized carbons (Fsp3) is 0.120. The Hall–Kier alpha value is -4.13. The molecule has 158 valence electrons. The molecule has 0 spiro atoms. The molecule has 0 unspecified atom stereocenters. The van der Waals surface area contributed by atoms with Gasteiger partial charge in [-0.15, -0.1) is 0 Å². The van der Waals surface area contributed by atoms with Crippen molar-refractivity contribution < 1.29 is 14.2 Å². The molecule has 0 amide bonds. The summed E-state index contributed by atoms with van der Waals surface area (Å²) in [5.74, 6) is -0.181. The number of hydrogen-bond acceptors (Lipinski definition) is 3. The normalized spacial score (nSPS) is 11.3. The molecular weight excluding hydrogens is 407 g/mol. The molecule has 2 aromatic heterocycles. The van der Waals surface area contributed by atoms with Crippen LogP contribution in [-0.2, 0) is 6.54 Å². The van der Waals surface area contributed by atoms with Gasteiger partial charge in [0.05, 0.1) is 28.1 Å². The van der Waals surface area contributed by atoms with Crippen molar-refractivity contribution in [3.05, 3.63) is 99.7 Å². The van der Waals surface area contributed by atoms with Gasteiger partial charge < -0.3 is 0 Å². The van der Waals surface area contributed by atoms with E-state index in [4.69, 9.17) is 0 Å². The number of aryl methyl sites for hydroxylation is 2. The monoisotopic (exact) mass is 427 g/mol. The minimum Gasteiger partial charge on any atom is -0.292 e. The number of nitrogens with zero attached hydrogens (tertiary/aromatic N) is 3. The SMILES string of the molecule is Cc1ccc(C)c(C(=O)Cn2c(=O)n3nc(-c4cccc(F)c4)[nH+]c3c3ccccc32)c1. The van der Waals surface area contributed by atoms with Crippen LogP contribution in [0.1, 0.15) is 21.5 Å². The molecule has 5 rings (SSSR count). The third-order valence-electron chi connectivity index (χ3n) is 5.60. The van der Waals surface area contributed by atoms with E-state index in [1.807, 2.05) is 50.2 Å². The molecule has 32 heavy (non-hydrogen) atoms. The van der Waals surface area contributed by atoms with Crippen LogP contribution in [0.5, 0.6) is 0 Å². The summed E-state index contributed by atoms with van der Waals surface area (Å²) in [5.41, 5.74) is 3.61. The Morgan fingerprint density at radius 1 is 1.03 bits per heavy atom. The average molecular weight is 427 g/mol. The van der Waals surface area contributed by atoms with Crippen molar-refractivity contribution in [2.75, 3.05) is 0 Å². The van der Waals surface area contributed by atoms with Crippen molar-refractivity contribution in [1.82, 2.24) is 14.2 Å². The zero-order chi connectivity index (χ0) is 22.4. The third-order valence-corrected chi connectivity index (χ3v) is 5.60. The van der Waals surface area contributed by atoms with Gasteiger partial charge in [-0.2, -0.15) is 0 Å². The van der Waals surface area contributed by atoms with Gasteiger partial charge in [0.25, 0.3) is 5.65 Å². The summed E-state index contributed by atoms with van der Waals surface area (Å²) in [7, 11) is 0. The first kappa shape index (κ1) is 19.8. The number of aromatic amines is 1. The van der Waals surface area contributed by atoms with Crippen LogP contribution in [0.4, 0.5) is 4.39 Å². The molecular formula is C25H20FN4O2+. The fourth-order valence-corrected chi connectivity index (χ4v) is 3.97. The number of nitrogens with one attached hydrogen (secondary N) is 1. The number of ketones is 1. The van der Waals surface area contributed by atoms with Crippen LogP contribution in [0.25, 0.3) is 27.9 Å². The minimum absolute atomic E-state index is 0.116. The summed E-state index contributed by atoms with van der Waals surface area (Å²) in [4.78, 5) is 29.7. The molecule has 0 saturated carbocycles. The van der Waals surface area contributed by atoms with E-state index in [1.165, 1.54) is 21.2 Å². The molecule has 0 saturated heterocycles. The first-order chi connectivity index (χ1) is 15.4. The highest BCUT2D eigenvalue weighted by Crippen LogP contribution is 2.20. The summed E-state index contributed by atoms with van der Waals surface area (Å²) < 4.78 is 16.4. The maximum atomic E-state index is 13.7. The zero-order valence-corrected chi connectivity index (χ0v) is 17.6. The number of fused-ring (bicyclic) bond motifs is 3. The lowest BCUT2D eigenvalue weighted by Gasteiger charge is -2.10. The largest absolute Gasteiger partial charge is 0.423 e. The highest BCUT2D eigenvalue weighted by molar-refractivity contribution is 5.98. The maximum absolute atomic E-state index is 13.7. The van der Waals surface area contributed by atoms with E-state index in [9.17, 15) is 14.0 Å². The number of carbonyl (C=O) groups excluding carboxylic acids is 1. The second kappa shape index (κ2) is 7.53. The van der Waals surface area contributed by atoms with Gasteiger partial charge >= 0.3 is 11.5 Å². The zero-order valence-electron chi connectivity index (χ0n) is 17.6. The summed E-state index contributed by atoms with van der Waals surface area (Å²) in [6.07, 6.45) is 0. The van der Waals surface area contributed by atoms with Gasteiger partial charge in [-0.25, -0.2) is 14.2 Å². The molecule has 0 bridgehead atoms. The first-order valence-electron chi connectivity index (χ1n) is 10.2. The summed E-state index contributed by atoms with van der Waals surface area (Å²) in [5, 5.41) is 5.13. The number of Topliss-reactive ketones (excluding diaryl/α,β-unsaturated/α-hetero) is 1. The van der Waals surface area contributed by atoms with Gasteiger partial charge in [0.15, 0.2) is 5.78 Å².